The predicted octanol–water partition coefficient (Wildman–Crippen LogP) is 4.25. The van der Waals surface area contributed by atoms with Crippen molar-refractivity contribution in [2.45, 2.75) is 30.9 Å². The van der Waals surface area contributed by atoms with Crippen LogP contribution < -0.4 is 24.2 Å². The number of benzene rings is 3. The van der Waals surface area contributed by atoms with Crippen LogP contribution in [0.4, 0.5) is 16.2 Å². The van der Waals surface area contributed by atoms with E-state index in [9.17, 15) is 23.1 Å². The number of aliphatic hydroxyl groups is 1. The lowest BCUT2D eigenvalue weighted by Gasteiger charge is -2.38. The summed E-state index contributed by atoms with van der Waals surface area (Å²) in [5.41, 5.74) is 0.800. The van der Waals surface area contributed by atoms with E-state index in [1.165, 1.54) is 52.3 Å². The van der Waals surface area contributed by atoms with Crippen molar-refractivity contribution < 1.29 is 37.3 Å². The minimum Gasteiger partial charge on any atom is -0.487 e. The molecular weight excluding hydrogens is 612 g/mol. The molecule has 44 heavy (non-hydrogen) atoms. The highest BCUT2D eigenvalue weighted by Gasteiger charge is 2.34. The molecule has 0 aromatic heterocycles. The standard InChI is InChI=1S/C30H33ClN4O8S/c1-18-14-35(19(2)16-36)29(37)24-12-22(33-44(39,40)23-8-4-20(31)5-9-23)7-10-25(24)43-28(18)15-34(3)30(38)32-21-6-11-26-27(13-21)42-17-41-26/h4-13,18-19,28,33,36H,14-17H2,1-3H3,(H,32,38)/t18-,19-,28-/m1/s1. The molecule has 3 aromatic carbocycles. The molecule has 0 spiro atoms. The maximum atomic E-state index is 13.7. The fraction of sp³-hybridized carbons (Fsp3) is 0.333. The average Bonchev–Trinajstić information content (AvgIpc) is 3.47. The van der Waals surface area contributed by atoms with E-state index in [1.54, 1.807) is 32.2 Å². The van der Waals surface area contributed by atoms with Crippen LogP contribution in [0.15, 0.2) is 65.6 Å². The van der Waals surface area contributed by atoms with Gasteiger partial charge in [-0.2, -0.15) is 0 Å². The van der Waals surface area contributed by atoms with Gasteiger partial charge in [0.25, 0.3) is 15.9 Å². The van der Waals surface area contributed by atoms with Crippen molar-refractivity contribution in [1.29, 1.82) is 0 Å². The van der Waals surface area contributed by atoms with Gasteiger partial charge in [0.15, 0.2) is 11.5 Å². The second-order valence-electron chi connectivity index (χ2n) is 10.8. The number of halogens is 1. The zero-order chi connectivity index (χ0) is 31.6. The number of hydrogen-bond acceptors (Lipinski definition) is 8. The Morgan fingerprint density at radius 3 is 2.48 bits per heavy atom. The molecule has 12 nitrogen and oxygen atoms in total. The van der Waals surface area contributed by atoms with Crippen LogP contribution in [0.2, 0.25) is 5.02 Å². The maximum absolute atomic E-state index is 13.7. The van der Waals surface area contributed by atoms with Crippen molar-refractivity contribution >= 4 is 44.9 Å². The first kappa shape index (κ1) is 31.2. The first-order valence-electron chi connectivity index (χ1n) is 13.9. The second-order valence-corrected chi connectivity index (χ2v) is 12.9. The summed E-state index contributed by atoms with van der Waals surface area (Å²) in [5, 5.41) is 13.2. The molecule has 3 N–H and O–H groups in total. The number of anilines is 2. The fourth-order valence-electron chi connectivity index (χ4n) is 4.88. The van der Waals surface area contributed by atoms with Crippen LogP contribution in [0.3, 0.4) is 0 Å². The molecule has 0 radical (unpaired) electrons. The van der Waals surface area contributed by atoms with Crippen LogP contribution >= 0.6 is 11.6 Å². The first-order valence-corrected chi connectivity index (χ1v) is 15.7. The highest BCUT2D eigenvalue weighted by molar-refractivity contribution is 7.92. The Balaban J connectivity index is 1.38. The van der Waals surface area contributed by atoms with Gasteiger partial charge >= 0.3 is 6.03 Å². The van der Waals surface area contributed by atoms with Gasteiger partial charge in [0.05, 0.1) is 29.7 Å². The van der Waals surface area contributed by atoms with Crippen molar-refractivity contribution in [3.8, 4) is 17.2 Å². The number of urea groups is 1. The van der Waals surface area contributed by atoms with Gasteiger partial charge in [0.1, 0.15) is 11.9 Å². The van der Waals surface area contributed by atoms with E-state index < -0.39 is 28.1 Å². The van der Waals surface area contributed by atoms with E-state index in [1.807, 2.05) is 6.92 Å². The van der Waals surface area contributed by atoms with E-state index in [4.69, 9.17) is 25.8 Å². The molecule has 0 saturated carbocycles. The average molecular weight is 645 g/mol. The minimum atomic E-state index is -3.98. The number of amides is 3. The summed E-state index contributed by atoms with van der Waals surface area (Å²) in [6, 6.07) is 14.3. The molecule has 0 saturated heterocycles. The number of hydrogen-bond donors (Lipinski definition) is 3. The normalized spacial score (nSPS) is 18.4. The Labute approximate surface area is 260 Å². The molecular formula is C30H33ClN4O8S. The third-order valence-corrected chi connectivity index (χ3v) is 9.11. The molecule has 2 aliphatic heterocycles. The second kappa shape index (κ2) is 12.8. The van der Waals surface area contributed by atoms with E-state index in [-0.39, 0.29) is 60.3 Å². The van der Waals surface area contributed by atoms with E-state index >= 15 is 0 Å². The molecule has 2 aliphatic rings. The molecule has 0 unspecified atom stereocenters. The van der Waals surface area contributed by atoms with E-state index in [2.05, 4.69) is 10.0 Å². The van der Waals surface area contributed by atoms with Gasteiger partial charge in [-0.15, -0.1) is 0 Å². The number of rotatable bonds is 8. The van der Waals surface area contributed by atoms with Crippen LogP contribution in [0.5, 0.6) is 17.2 Å². The highest BCUT2D eigenvalue weighted by Crippen LogP contribution is 2.35. The van der Waals surface area contributed by atoms with Crippen molar-refractivity contribution in [2.75, 3.05) is 43.6 Å². The SMILES string of the molecule is C[C@@H]1CN([C@H](C)CO)C(=O)c2cc(NS(=O)(=O)c3ccc(Cl)cc3)ccc2O[C@@H]1CN(C)C(=O)Nc1ccc2c(c1)OCO2. The van der Waals surface area contributed by atoms with Crippen LogP contribution in [0.25, 0.3) is 0 Å². The van der Waals surface area contributed by atoms with E-state index in [0.717, 1.165) is 0 Å². The molecule has 3 aromatic rings. The summed E-state index contributed by atoms with van der Waals surface area (Å²) >= 11 is 5.90. The Kier molecular flexibility index (Phi) is 9.09. The lowest BCUT2D eigenvalue weighted by atomic mass is 9.99. The monoisotopic (exact) mass is 644 g/mol. The summed E-state index contributed by atoms with van der Waals surface area (Å²) < 4.78 is 45.5. The Morgan fingerprint density at radius 2 is 1.75 bits per heavy atom. The zero-order valence-electron chi connectivity index (χ0n) is 24.3. The Morgan fingerprint density at radius 1 is 1.07 bits per heavy atom. The number of nitrogens with one attached hydrogen (secondary N) is 2. The lowest BCUT2D eigenvalue weighted by Crippen LogP contribution is -2.50. The van der Waals surface area contributed by atoms with Gasteiger partial charge in [-0.3, -0.25) is 9.52 Å². The summed E-state index contributed by atoms with van der Waals surface area (Å²) in [4.78, 5) is 29.8. The number of aliphatic hydroxyl groups excluding tert-OH is 1. The van der Waals surface area contributed by atoms with Crippen molar-refractivity contribution in [1.82, 2.24) is 9.80 Å². The Hall–Kier alpha value is -4.20. The zero-order valence-corrected chi connectivity index (χ0v) is 25.9. The van der Waals surface area contributed by atoms with Gasteiger partial charge in [0.2, 0.25) is 6.79 Å². The van der Waals surface area contributed by atoms with Crippen LogP contribution in [-0.2, 0) is 10.0 Å². The van der Waals surface area contributed by atoms with Gasteiger partial charge in [0, 0.05) is 42.0 Å². The van der Waals surface area contributed by atoms with Crippen LogP contribution in [0, 0.1) is 5.92 Å². The van der Waals surface area contributed by atoms with Crippen molar-refractivity contribution in [3.63, 3.8) is 0 Å². The third kappa shape index (κ3) is 6.79. The topological polar surface area (TPSA) is 147 Å². The summed E-state index contributed by atoms with van der Waals surface area (Å²) in [5.74, 6) is 0.694. The fourth-order valence-corrected chi connectivity index (χ4v) is 6.05. The number of nitrogens with zero attached hydrogens (tertiary/aromatic N) is 2. The molecule has 0 aliphatic carbocycles. The molecule has 5 rings (SSSR count). The molecule has 2 heterocycles. The summed E-state index contributed by atoms with van der Waals surface area (Å²) in [6.45, 7) is 3.85. The molecule has 14 heteroatoms. The van der Waals surface area contributed by atoms with Gasteiger partial charge in [-0.05, 0) is 61.5 Å². The third-order valence-electron chi connectivity index (χ3n) is 7.47. The number of fused-ring (bicyclic) bond motifs is 2. The molecule has 3 atom stereocenters. The number of likely N-dealkylation sites (N-methyl/N-ethyl adjacent to an activating group) is 1. The van der Waals surface area contributed by atoms with Crippen LogP contribution in [0.1, 0.15) is 24.2 Å². The number of sulfonamides is 1. The highest BCUT2D eigenvalue weighted by atomic mass is 35.5. The molecule has 3 amide bonds. The predicted molar refractivity (Wildman–Crippen MR) is 164 cm³/mol. The lowest BCUT2D eigenvalue weighted by molar-refractivity contribution is 0.0371. The Bertz CT molecular complexity index is 1650. The molecule has 0 fully saturated rings. The first-order chi connectivity index (χ1) is 20.9. The van der Waals surface area contributed by atoms with Gasteiger partial charge < -0.3 is 34.4 Å². The van der Waals surface area contributed by atoms with Gasteiger partial charge in [-0.1, -0.05) is 18.5 Å². The smallest absolute Gasteiger partial charge is 0.321 e. The van der Waals surface area contributed by atoms with Crippen molar-refractivity contribution in [2.24, 2.45) is 5.92 Å². The van der Waals surface area contributed by atoms with Gasteiger partial charge in [-0.25, -0.2) is 13.2 Å². The summed E-state index contributed by atoms with van der Waals surface area (Å²) in [7, 11) is -2.35. The molecule has 0 bridgehead atoms. The summed E-state index contributed by atoms with van der Waals surface area (Å²) in [6.07, 6.45) is -0.556. The van der Waals surface area contributed by atoms with Crippen LogP contribution in [-0.4, -0.2) is 80.9 Å². The number of ether oxygens (including phenoxy) is 3. The molecule has 234 valence electrons. The maximum Gasteiger partial charge on any atom is 0.321 e. The minimum absolute atomic E-state index is 0.00250. The number of carbonyl (C=O) groups is 2. The quantitative estimate of drug-likeness (QED) is 0.330. The van der Waals surface area contributed by atoms with Crippen molar-refractivity contribution in [3.05, 3.63) is 71.2 Å². The number of carbonyl (C=O) groups excluding carboxylic acids is 2. The largest absolute Gasteiger partial charge is 0.487 e. The van der Waals surface area contributed by atoms with E-state index in [0.29, 0.717) is 22.2 Å².